The largest absolute Gasteiger partial charge is 0.403 e. The van der Waals surface area contributed by atoms with Crippen LogP contribution in [0.2, 0.25) is 0 Å². The second kappa shape index (κ2) is 11.9. The fourth-order valence-corrected chi connectivity index (χ4v) is 10.8. The Kier molecular flexibility index (Phi) is 7.72. The number of thiophene rings is 1. The predicted octanol–water partition coefficient (Wildman–Crippen LogP) is 6.37. The number of ether oxygens (including phenoxy) is 1. The van der Waals surface area contributed by atoms with Crippen LogP contribution in [0.25, 0.3) is 32.0 Å². The fourth-order valence-electron chi connectivity index (χ4n) is 7.39. The topological polar surface area (TPSA) is 159 Å². The van der Waals surface area contributed by atoms with E-state index in [-0.39, 0.29) is 40.4 Å². The SMILES string of the molecule is CC(C)C1CS(=O)(=O)c2c1nc(CCC1CCOCC1)c(-c1nnc(N)o1)c2-c1cc2ccnc(NC3CCc4ncccc43)c2s1. The van der Waals surface area contributed by atoms with Crippen LogP contribution in [0.5, 0.6) is 0 Å². The Hall–Kier alpha value is -3.94. The number of fused-ring (bicyclic) bond motifs is 3. The highest BCUT2D eigenvalue weighted by atomic mass is 32.2. The third-order valence-corrected chi connectivity index (χ3v) is 12.9. The second-order valence-electron chi connectivity index (χ2n) is 13.2. The molecule has 244 valence electrons. The summed E-state index contributed by atoms with van der Waals surface area (Å²) in [5.41, 5.74) is 10.8. The molecule has 0 amide bonds. The number of hydrogen-bond donors (Lipinski definition) is 2. The lowest BCUT2D eigenvalue weighted by Gasteiger charge is -2.23. The van der Waals surface area contributed by atoms with E-state index in [2.05, 4.69) is 46.5 Å². The van der Waals surface area contributed by atoms with Crippen molar-refractivity contribution in [1.82, 2.24) is 25.1 Å². The number of sulfone groups is 1. The van der Waals surface area contributed by atoms with Crippen molar-refractivity contribution in [2.75, 3.05) is 30.0 Å². The maximum absolute atomic E-state index is 14.1. The summed E-state index contributed by atoms with van der Waals surface area (Å²) in [4.78, 5) is 15.5. The molecular formula is C34H37N7O4S2. The molecule has 7 heterocycles. The van der Waals surface area contributed by atoms with Crippen LogP contribution in [0, 0.1) is 11.8 Å². The molecule has 0 aromatic carbocycles. The molecular weight excluding hydrogens is 635 g/mol. The standard InChI is InChI=1S/C34H37N7O4S2/c1-18(2)22-17-47(42,43)31-28(27(33-40-41-34(35)45-33)25(38-29(22)31)6-5-19-10-14-44-15-11-19)26-16-20-9-13-37-32(30(20)46-26)39-24-8-7-23-21(24)4-3-12-36-23/h3-4,9,12-13,16,18-19,22,24H,5-8,10-11,14-15,17H2,1-2H3,(H2,35,41)(H,37,39). The van der Waals surface area contributed by atoms with Gasteiger partial charge >= 0.3 is 6.01 Å². The van der Waals surface area contributed by atoms with E-state index in [9.17, 15) is 8.42 Å². The van der Waals surface area contributed by atoms with Crippen molar-refractivity contribution in [3.8, 4) is 21.9 Å². The Bertz CT molecular complexity index is 2090. The summed E-state index contributed by atoms with van der Waals surface area (Å²) < 4.78 is 40.7. The lowest BCUT2D eigenvalue weighted by Crippen LogP contribution is -2.17. The van der Waals surface area contributed by atoms with Gasteiger partial charge in [0.05, 0.1) is 38.3 Å². The number of nitrogens with two attached hydrogens (primary N) is 1. The summed E-state index contributed by atoms with van der Waals surface area (Å²) in [6, 6.07) is 8.12. The predicted molar refractivity (Wildman–Crippen MR) is 181 cm³/mol. The first kappa shape index (κ1) is 30.4. The Balaban J connectivity index is 1.31. The summed E-state index contributed by atoms with van der Waals surface area (Å²) >= 11 is 1.52. The van der Waals surface area contributed by atoms with E-state index in [1.807, 2.05) is 18.3 Å². The van der Waals surface area contributed by atoms with Crippen LogP contribution < -0.4 is 11.1 Å². The van der Waals surface area contributed by atoms with Crippen LogP contribution in [-0.4, -0.2) is 52.5 Å². The van der Waals surface area contributed by atoms with E-state index < -0.39 is 9.84 Å². The van der Waals surface area contributed by atoms with Crippen LogP contribution in [0.1, 0.15) is 74.1 Å². The zero-order chi connectivity index (χ0) is 32.3. The molecule has 0 saturated carbocycles. The molecule has 8 rings (SSSR count). The molecule has 0 bridgehead atoms. The van der Waals surface area contributed by atoms with E-state index in [1.54, 1.807) is 6.20 Å². The van der Waals surface area contributed by atoms with Gasteiger partial charge in [0.2, 0.25) is 0 Å². The van der Waals surface area contributed by atoms with Crippen molar-refractivity contribution in [3.05, 3.63) is 59.3 Å². The number of pyridine rings is 3. The van der Waals surface area contributed by atoms with Gasteiger partial charge in [-0.15, -0.1) is 16.4 Å². The van der Waals surface area contributed by atoms with Crippen molar-refractivity contribution in [2.45, 2.75) is 69.2 Å². The summed E-state index contributed by atoms with van der Waals surface area (Å²) in [6.45, 7) is 5.63. The van der Waals surface area contributed by atoms with Crippen LogP contribution in [-0.2, 0) is 27.4 Å². The molecule has 2 atom stereocenters. The minimum absolute atomic E-state index is 0.0171. The highest BCUT2D eigenvalue weighted by molar-refractivity contribution is 7.92. The number of aryl methyl sites for hydroxylation is 2. The highest BCUT2D eigenvalue weighted by Gasteiger charge is 2.43. The first-order valence-corrected chi connectivity index (χ1v) is 18.8. The fraction of sp³-hybridized carbons (Fsp3) is 0.441. The Morgan fingerprint density at radius 3 is 2.72 bits per heavy atom. The first-order chi connectivity index (χ1) is 22.8. The maximum atomic E-state index is 14.1. The highest BCUT2D eigenvalue weighted by Crippen LogP contribution is 2.51. The molecule has 5 aromatic rings. The normalized spacial score (nSPS) is 20.6. The summed E-state index contributed by atoms with van der Waals surface area (Å²) in [7, 11) is -3.69. The van der Waals surface area contributed by atoms with Gasteiger partial charge in [0.25, 0.3) is 5.89 Å². The van der Waals surface area contributed by atoms with E-state index in [0.29, 0.717) is 29.2 Å². The van der Waals surface area contributed by atoms with E-state index in [1.165, 1.54) is 16.9 Å². The molecule has 2 aliphatic heterocycles. The minimum atomic E-state index is -3.69. The van der Waals surface area contributed by atoms with Gasteiger partial charge in [0.15, 0.2) is 9.84 Å². The molecule has 0 radical (unpaired) electrons. The number of rotatable bonds is 8. The van der Waals surface area contributed by atoms with Gasteiger partial charge in [-0.05, 0) is 79.5 Å². The van der Waals surface area contributed by atoms with Gasteiger partial charge in [0, 0.05) is 47.7 Å². The summed E-state index contributed by atoms with van der Waals surface area (Å²) in [5.74, 6) is 1.32. The van der Waals surface area contributed by atoms with Gasteiger partial charge in [-0.2, -0.15) is 0 Å². The molecule has 1 saturated heterocycles. The molecule has 3 aliphatic rings. The molecule has 1 fully saturated rings. The molecule has 2 unspecified atom stereocenters. The number of hydrogen-bond acceptors (Lipinski definition) is 12. The first-order valence-electron chi connectivity index (χ1n) is 16.3. The van der Waals surface area contributed by atoms with Crippen molar-refractivity contribution >= 4 is 43.1 Å². The van der Waals surface area contributed by atoms with Crippen LogP contribution in [0.4, 0.5) is 11.8 Å². The number of aromatic nitrogens is 5. The minimum Gasteiger partial charge on any atom is -0.403 e. The summed E-state index contributed by atoms with van der Waals surface area (Å²) in [5, 5.41) is 12.9. The average molecular weight is 672 g/mol. The molecule has 11 nitrogen and oxygen atoms in total. The van der Waals surface area contributed by atoms with Crippen LogP contribution in [0.15, 0.2) is 46.0 Å². The average Bonchev–Trinajstić information content (AvgIpc) is 3.85. The summed E-state index contributed by atoms with van der Waals surface area (Å²) in [6.07, 6.45) is 8.98. The van der Waals surface area contributed by atoms with E-state index in [0.717, 1.165) is 77.5 Å². The van der Waals surface area contributed by atoms with E-state index in [4.69, 9.17) is 24.9 Å². The molecule has 13 heteroatoms. The Morgan fingerprint density at radius 2 is 1.94 bits per heavy atom. The number of anilines is 2. The lowest BCUT2D eigenvalue weighted by molar-refractivity contribution is 0.0639. The zero-order valence-corrected chi connectivity index (χ0v) is 28.0. The van der Waals surface area contributed by atoms with Crippen LogP contribution >= 0.6 is 11.3 Å². The van der Waals surface area contributed by atoms with Crippen molar-refractivity contribution in [3.63, 3.8) is 0 Å². The third-order valence-electron chi connectivity index (χ3n) is 9.87. The van der Waals surface area contributed by atoms with Gasteiger partial charge in [0.1, 0.15) is 5.82 Å². The quantitative estimate of drug-likeness (QED) is 0.189. The molecule has 5 aromatic heterocycles. The lowest BCUT2D eigenvalue weighted by atomic mass is 9.89. The Labute approximate surface area is 277 Å². The smallest absolute Gasteiger partial charge is 0.313 e. The number of nitrogens with zero attached hydrogens (tertiary/aromatic N) is 5. The van der Waals surface area contributed by atoms with Gasteiger partial charge < -0.3 is 20.2 Å². The number of nitrogens with one attached hydrogen (secondary N) is 1. The monoisotopic (exact) mass is 671 g/mol. The molecule has 0 spiro atoms. The van der Waals surface area contributed by atoms with E-state index >= 15 is 0 Å². The second-order valence-corrected chi connectivity index (χ2v) is 16.2. The van der Waals surface area contributed by atoms with Crippen molar-refractivity contribution in [1.29, 1.82) is 0 Å². The Morgan fingerprint density at radius 1 is 1.09 bits per heavy atom. The molecule has 47 heavy (non-hydrogen) atoms. The van der Waals surface area contributed by atoms with Gasteiger partial charge in [-0.1, -0.05) is 25.0 Å². The zero-order valence-electron chi connectivity index (χ0n) is 26.4. The third kappa shape index (κ3) is 5.47. The number of nitrogen functional groups attached to an aromatic ring is 1. The molecule has 3 N–H and O–H groups in total. The van der Waals surface area contributed by atoms with Gasteiger partial charge in [-0.3, -0.25) is 9.97 Å². The van der Waals surface area contributed by atoms with Gasteiger partial charge in [-0.25, -0.2) is 13.4 Å². The molecule has 1 aliphatic carbocycles. The van der Waals surface area contributed by atoms with Crippen molar-refractivity contribution < 1.29 is 17.6 Å². The van der Waals surface area contributed by atoms with Crippen LogP contribution in [0.3, 0.4) is 0 Å². The van der Waals surface area contributed by atoms with Crippen molar-refractivity contribution in [2.24, 2.45) is 11.8 Å². The maximum Gasteiger partial charge on any atom is 0.313 e.